The Bertz CT molecular complexity index is 815. The van der Waals surface area contributed by atoms with E-state index in [4.69, 9.17) is 11.6 Å². The first-order valence-electron chi connectivity index (χ1n) is 10.3. The number of aliphatic imine (C=N–C) groups is 1. The van der Waals surface area contributed by atoms with Gasteiger partial charge in [0, 0.05) is 44.7 Å². The number of thioether (sulfide) groups is 1. The van der Waals surface area contributed by atoms with Crippen LogP contribution in [0, 0.1) is 0 Å². The molecule has 1 aromatic heterocycles. The van der Waals surface area contributed by atoms with Crippen LogP contribution in [0.15, 0.2) is 34.4 Å². The van der Waals surface area contributed by atoms with Crippen molar-refractivity contribution >= 4 is 29.3 Å². The van der Waals surface area contributed by atoms with Crippen molar-refractivity contribution < 1.29 is 0 Å². The van der Waals surface area contributed by atoms with Gasteiger partial charge in [-0.25, -0.2) is 0 Å². The molecule has 2 aromatic rings. The van der Waals surface area contributed by atoms with Crippen molar-refractivity contribution in [2.45, 2.75) is 56.3 Å². The van der Waals surface area contributed by atoms with E-state index in [1.165, 1.54) is 25.7 Å². The van der Waals surface area contributed by atoms with E-state index >= 15 is 0 Å². The highest BCUT2D eigenvalue weighted by Gasteiger charge is 2.23. The maximum Gasteiger partial charge on any atom is 0.193 e. The topological polar surface area (TPSA) is 58.3 Å². The Morgan fingerprint density at radius 2 is 2.14 bits per heavy atom. The largest absolute Gasteiger partial charge is 0.356 e. The van der Waals surface area contributed by atoms with E-state index in [1.54, 1.807) is 11.8 Å². The molecule has 0 aliphatic heterocycles. The summed E-state index contributed by atoms with van der Waals surface area (Å²) in [6.45, 7) is 1.60. The van der Waals surface area contributed by atoms with Crippen LogP contribution >= 0.6 is 23.4 Å². The molecule has 0 atom stereocenters. The van der Waals surface area contributed by atoms with Gasteiger partial charge in [-0.3, -0.25) is 4.99 Å². The van der Waals surface area contributed by atoms with E-state index in [-0.39, 0.29) is 0 Å². The smallest absolute Gasteiger partial charge is 0.193 e. The van der Waals surface area contributed by atoms with Crippen LogP contribution in [0.3, 0.4) is 0 Å². The first-order valence-corrected chi connectivity index (χ1v) is 11.9. The van der Waals surface area contributed by atoms with E-state index in [1.807, 2.05) is 32.3 Å². The van der Waals surface area contributed by atoms with Crippen molar-refractivity contribution in [1.29, 1.82) is 0 Å². The maximum absolute atomic E-state index is 6.10. The van der Waals surface area contributed by atoms with Crippen LogP contribution in [0.4, 0.5) is 0 Å². The van der Waals surface area contributed by atoms with Gasteiger partial charge in [0.15, 0.2) is 11.1 Å². The van der Waals surface area contributed by atoms with Gasteiger partial charge in [0.25, 0.3) is 0 Å². The Labute approximate surface area is 183 Å². The fourth-order valence-corrected chi connectivity index (χ4v) is 4.75. The monoisotopic (exact) mass is 434 g/mol. The zero-order valence-electron chi connectivity index (χ0n) is 17.6. The lowest BCUT2D eigenvalue weighted by Gasteiger charge is -2.22. The number of guanidine groups is 1. The molecular weight excluding hydrogens is 404 g/mol. The van der Waals surface area contributed by atoms with Crippen LogP contribution in [0.5, 0.6) is 0 Å². The van der Waals surface area contributed by atoms with Crippen molar-refractivity contribution in [1.82, 2.24) is 25.0 Å². The number of hydrogen-bond donors (Lipinski definition) is 1. The zero-order chi connectivity index (χ0) is 20.6. The van der Waals surface area contributed by atoms with E-state index in [2.05, 4.69) is 42.3 Å². The first-order chi connectivity index (χ1) is 14.1. The SMILES string of the molecule is CN=C(NCCCc1nnc(SC)n1C1CCCC1)N(C)Cc1cccc(Cl)c1. The second-order valence-corrected chi connectivity index (χ2v) is 8.68. The van der Waals surface area contributed by atoms with Crippen molar-refractivity contribution in [3.63, 3.8) is 0 Å². The summed E-state index contributed by atoms with van der Waals surface area (Å²) in [6, 6.07) is 8.52. The summed E-state index contributed by atoms with van der Waals surface area (Å²) in [5.74, 6) is 2.00. The van der Waals surface area contributed by atoms with Crippen molar-refractivity contribution in [2.75, 3.05) is 26.9 Å². The normalized spacial score (nSPS) is 15.1. The number of halogens is 1. The highest BCUT2D eigenvalue weighted by Crippen LogP contribution is 2.33. The Kier molecular flexibility index (Phi) is 8.24. The van der Waals surface area contributed by atoms with Crippen LogP contribution < -0.4 is 5.32 Å². The number of hydrogen-bond acceptors (Lipinski definition) is 4. The maximum atomic E-state index is 6.10. The number of benzene rings is 1. The summed E-state index contributed by atoms with van der Waals surface area (Å²) in [6.07, 6.45) is 9.12. The first kappa shape index (κ1) is 22.0. The van der Waals surface area contributed by atoms with Crippen LogP contribution in [0.1, 0.15) is 49.5 Å². The van der Waals surface area contributed by atoms with Crippen molar-refractivity contribution in [3.05, 3.63) is 40.7 Å². The molecule has 1 heterocycles. The standard InChI is InChI=1S/C21H31ClN6S/c1-23-20(27(2)15-16-8-6-9-17(22)14-16)24-13-7-12-19-25-26-21(29-3)28(19)18-10-4-5-11-18/h6,8-9,14,18H,4-5,7,10-13,15H2,1-3H3,(H,23,24). The Hall–Kier alpha value is -1.73. The number of nitrogens with one attached hydrogen (secondary N) is 1. The fourth-order valence-electron chi connectivity index (χ4n) is 3.96. The Balaban J connectivity index is 1.51. The molecule has 1 aromatic carbocycles. The van der Waals surface area contributed by atoms with Gasteiger partial charge in [0.2, 0.25) is 0 Å². The van der Waals surface area contributed by atoms with Crippen LogP contribution in [0.25, 0.3) is 0 Å². The highest BCUT2D eigenvalue weighted by molar-refractivity contribution is 7.98. The predicted molar refractivity (Wildman–Crippen MR) is 122 cm³/mol. The van der Waals surface area contributed by atoms with Gasteiger partial charge in [0.05, 0.1) is 0 Å². The summed E-state index contributed by atoms with van der Waals surface area (Å²) in [7, 11) is 3.86. The minimum absolute atomic E-state index is 0.576. The minimum atomic E-state index is 0.576. The Morgan fingerprint density at radius 3 is 2.83 bits per heavy atom. The molecule has 0 unspecified atom stereocenters. The number of aryl methyl sites for hydroxylation is 1. The third-order valence-corrected chi connectivity index (χ3v) is 6.23. The van der Waals surface area contributed by atoms with E-state index in [0.29, 0.717) is 6.04 Å². The molecule has 1 fully saturated rings. The van der Waals surface area contributed by atoms with E-state index in [9.17, 15) is 0 Å². The summed E-state index contributed by atoms with van der Waals surface area (Å²) in [5.41, 5.74) is 1.16. The predicted octanol–water partition coefficient (Wildman–Crippen LogP) is 4.41. The molecule has 0 amide bonds. The molecule has 29 heavy (non-hydrogen) atoms. The molecule has 1 aliphatic rings. The molecule has 8 heteroatoms. The second-order valence-electron chi connectivity index (χ2n) is 7.47. The van der Waals surface area contributed by atoms with Gasteiger partial charge < -0.3 is 14.8 Å². The summed E-state index contributed by atoms with van der Waals surface area (Å²) < 4.78 is 2.39. The summed E-state index contributed by atoms with van der Waals surface area (Å²) in [4.78, 5) is 6.52. The fraction of sp³-hybridized carbons (Fsp3) is 0.571. The lowest BCUT2D eigenvalue weighted by Crippen LogP contribution is -2.39. The third kappa shape index (κ3) is 5.89. The quantitative estimate of drug-likeness (QED) is 0.288. The number of aromatic nitrogens is 3. The molecule has 0 saturated heterocycles. The molecule has 0 bridgehead atoms. The van der Waals surface area contributed by atoms with Gasteiger partial charge in [-0.2, -0.15) is 0 Å². The second kappa shape index (κ2) is 10.9. The van der Waals surface area contributed by atoms with Gasteiger partial charge in [0.1, 0.15) is 5.82 Å². The molecule has 1 saturated carbocycles. The molecule has 1 aliphatic carbocycles. The highest BCUT2D eigenvalue weighted by atomic mass is 35.5. The lowest BCUT2D eigenvalue weighted by molar-refractivity contribution is 0.457. The molecule has 3 rings (SSSR count). The van der Waals surface area contributed by atoms with Crippen molar-refractivity contribution in [2.24, 2.45) is 4.99 Å². The summed E-state index contributed by atoms with van der Waals surface area (Å²) in [5, 5.41) is 14.2. The summed E-state index contributed by atoms with van der Waals surface area (Å²) >= 11 is 7.79. The van der Waals surface area contributed by atoms with Crippen LogP contribution in [-0.4, -0.2) is 52.5 Å². The number of nitrogens with zero attached hydrogens (tertiary/aromatic N) is 5. The van der Waals surface area contributed by atoms with Crippen LogP contribution in [0.2, 0.25) is 5.02 Å². The Morgan fingerprint density at radius 1 is 1.34 bits per heavy atom. The average molecular weight is 435 g/mol. The molecule has 0 spiro atoms. The number of rotatable bonds is 8. The average Bonchev–Trinajstić information content (AvgIpc) is 3.37. The van der Waals surface area contributed by atoms with Crippen LogP contribution in [-0.2, 0) is 13.0 Å². The molecule has 1 N–H and O–H groups in total. The molecular formula is C21H31ClN6S. The van der Waals surface area contributed by atoms with Crippen molar-refractivity contribution in [3.8, 4) is 0 Å². The minimum Gasteiger partial charge on any atom is -0.356 e. The van der Waals surface area contributed by atoms with Gasteiger partial charge in [-0.1, -0.05) is 48.3 Å². The van der Waals surface area contributed by atoms with Gasteiger partial charge >= 0.3 is 0 Å². The molecule has 158 valence electrons. The molecule has 6 nitrogen and oxygen atoms in total. The third-order valence-electron chi connectivity index (χ3n) is 5.35. The van der Waals surface area contributed by atoms with E-state index in [0.717, 1.165) is 53.5 Å². The van der Waals surface area contributed by atoms with Gasteiger partial charge in [-0.05, 0) is 43.2 Å². The molecule has 0 radical (unpaired) electrons. The zero-order valence-corrected chi connectivity index (χ0v) is 19.1. The van der Waals surface area contributed by atoms with Gasteiger partial charge in [-0.15, -0.1) is 10.2 Å². The van der Waals surface area contributed by atoms with E-state index < -0.39 is 0 Å². The lowest BCUT2D eigenvalue weighted by atomic mass is 10.2.